The van der Waals surface area contributed by atoms with Crippen LogP contribution in [0.1, 0.15) is 35.3 Å². The van der Waals surface area contributed by atoms with Crippen LogP contribution < -0.4 is 5.32 Å². The van der Waals surface area contributed by atoms with Gasteiger partial charge in [-0.15, -0.1) is 0 Å². The van der Waals surface area contributed by atoms with E-state index in [0.717, 1.165) is 12.8 Å². The molecule has 27 heavy (non-hydrogen) atoms. The van der Waals surface area contributed by atoms with Gasteiger partial charge in [0.2, 0.25) is 5.91 Å². The van der Waals surface area contributed by atoms with Gasteiger partial charge in [-0.25, -0.2) is 9.48 Å². The standard InChI is InChI=1S/C18H16F3N3O3/c19-18(20,21)16-14(17(26)27)10-22-24(16)13-7-5-12(6-8-13)23-15(25)9-11-3-1-2-4-11/h1,3,5-8,10-11H,2,4,9H2,(H,23,25)(H,26,27). The van der Waals surface area contributed by atoms with E-state index in [1.165, 1.54) is 24.3 Å². The zero-order valence-electron chi connectivity index (χ0n) is 14.0. The van der Waals surface area contributed by atoms with Crippen molar-refractivity contribution in [1.82, 2.24) is 9.78 Å². The molecule has 2 aromatic rings. The number of hydrogen-bond donors (Lipinski definition) is 2. The van der Waals surface area contributed by atoms with Crippen LogP contribution in [0.4, 0.5) is 18.9 Å². The van der Waals surface area contributed by atoms with Crippen LogP contribution >= 0.6 is 0 Å². The van der Waals surface area contributed by atoms with Gasteiger partial charge in [0.15, 0.2) is 5.69 Å². The number of halogens is 3. The Balaban J connectivity index is 1.78. The van der Waals surface area contributed by atoms with E-state index in [4.69, 9.17) is 5.11 Å². The molecule has 1 aliphatic carbocycles. The minimum Gasteiger partial charge on any atom is -0.478 e. The monoisotopic (exact) mass is 379 g/mol. The predicted molar refractivity (Wildman–Crippen MR) is 90.6 cm³/mol. The van der Waals surface area contributed by atoms with Gasteiger partial charge in [0.05, 0.1) is 11.9 Å². The second-order valence-corrected chi connectivity index (χ2v) is 6.19. The molecule has 1 unspecified atom stereocenters. The third kappa shape index (κ3) is 4.18. The van der Waals surface area contributed by atoms with E-state index in [9.17, 15) is 22.8 Å². The van der Waals surface area contributed by atoms with Crippen LogP contribution in [0, 0.1) is 5.92 Å². The van der Waals surface area contributed by atoms with Gasteiger partial charge >= 0.3 is 12.1 Å². The second kappa shape index (κ2) is 7.26. The van der Waals surface area contributed by atoms with E-state index in [-0.39, 0.29) is 17.5 Å². The Labute approximate surface area is 152 Å². The number of carbonyl (C=O) groups excluding carboxylic acids is 1. The first-order valence-electron chi connectivity index (χ1n) is 8.21. The number of carbonyl (C=O) groups is 2. The Kier molecular flexibility index (Phi) is 5.02. The summed E-state index contributed by atoms with van der Waals surface area (Å²) < 4.78 is 40.3. The molecule has 0 aliphatic heterocycles. The maximum absolute atomic E-state index is 13.2. The number of alkyl halides is 3. The lowest BCUT2D eigenvalue weighted by molar-refractivity contribution is -0.143. The molecular weight excluding hydrogens is 363 g/mol. The van der Waals surface area contributed by atoms with Crippen molar-refractivity contribution in [2.75, 3.05) is 5.32 Å². The summed E-state index contributed by atoms with van der Waals surface area (Å²) in [6.07, 6.45) is 2.03. The third-order valence-electron chi connectivity index (χ3n) is 4.22. The molecule has 0 bridgehead atoms. The Bertz CT molecular complexity index is 885. The largest absolute Gasteiger partial charge is 0.478 e. The maximum Gasteiger partial charge on any atom is 0.434 e. The van der Waals surface area contributed by atoms with Crippen molar-refractivity contribution in [2.24, 2.45) is 5.92 Å². The van der Waals surface area contributed by atoms with Crippen LogP contribution in [0.15, 0.2) is 42.6 Å². The average Bonchev–Trinajstić information content (AvgIpc) is 3.24. The molecule has 6 nitrogen and oxygen atoms in total. The van der Waals surface area contributed by atoms with Crippen molar-refractivity contribution in [2.45, 2.75) is 25.4 Å². The highest BCUT2D eigenvalue weighted by molar-refractivity contribution is 5.91. The highest BCUT2D eigenvalue weighted by Crippen LogP contribution is 2.33. The number of hydrogen-bond acceptors (Lipinski definition) is 3. The summed E-state index contributed by atoms with van der Waals surface area (Å²) in [5, 5.41) is 15.2. The van der Waals surface area contributed by atoms with Crippen LogP contribution in [0.5, 0.6) is 0 Å². The summed E-state index contributed by atoms with van der Waals surface area (Å²) in [4.78, 5) is 23.0. The van der Waals surface area contributed by atoms with E-state index >= 15 is 0 Å². The van der Waals surface area contributed by atoms with Gasteiger partial charge in [0.1, 0.15) is 5.56 Å². The minimum absolute atomic E-state index is 0.0338. The fourth-order valence-electron chi connectivity index (χ4n) is 2.97. The molecule has 9 heteroatoms. The summed E-state index contributed by atoms with van der Waals surface area (Å²) in [6, 6.07) is 5.55. The smallest absolute Gasteiger partial charge is 0.434 e. The lowest BCUT2D eigenvalue weighted by atomic mass is 10.1. The molecule has 1 heterocycles. The lowest BCUT2D eigenvalue weighted by Gasteiger charge is -2.12. The number of carboxylic acids is 1. The molecule has 1 amide bonds. The van der Waals surface area contributed by atoms with E-state index in [1.807, 2.05) is 12.2 Å². The van der Waals surface area contributed by atoms with Crippen LogP contribution in [0.25, 0.3) is 5.69 Å². The fraction of sp³-hybridized carbons (Fsp3) is 0.278. The van der Waals surface area contributed by atoms with Crippen molar-refractivity contribution in [3.8, 4) is 5.69 Å². The molecule has 1 aliphatic rings. The average molecular weight is 379 g/mol. The molecule has 0 saturated carbocycles. The number of allylic oxidation sites excluding steroid dienone is 2. The first kappa shape index (κ1) is 18.7. The molecular formula is C18H16F3N3O3. The second-order valence-electron chi connectivity index (χ2n) is 6.19. The summed E-state index contributed by atoms with van der Waals surface area (Å²) in [7, 11) is 0. The normalized spacial score (nSPS) is 16.5. The van der Waals surface area contributed by atoms with E-state index < -0.39 is 23.4 Å². The summed E-state index contributed by atoms with van der Waals surface area (Å²) >= 11 is 0. The molecule has 1 aromatic heterocycles. The van der Waals surface area contributed by atoms with Crippen LogP contribution in [0.2, 0.25) is 0 Å². The Hall–Kier alpha value is -3.10. The van der Waals surface area contributed by atoms with Gasteiger partial charge in [-0.1, -0.05) is 12.2 Å². The Morgan fingerprint density at radius 1 is 1.26 bits per heavy atom. The summed E-state index contributed by atoms with van der Waals surface area (Å²) in [6.45, 7) is 0. The number of benzene rings is 1. The molecule has 0 radical (unpaired) electrons. The van der Waals surface area contributed by atoms with Crippen LogP contribution in [-0.2, 0) is 11.0 Å². The molecule has 0 fully saturated rings. The number of amides is 1. The third-order valence-corrected chi connectivity index (χ3v) is 4.22. The molecule has 0 spiro atoms. The van der Waals surface area contributed by atoms with E-state index in [2.05, 4.69) is 10.4 Å². The molecule has 142 valence electrons. The number of aromatic nitrogens is 2. The van der Waals surface area contributed by atoms with Crippen molar-refractivity contribution in [1.29, 1.82) is 0 Å². The minimum atomic E-state index is -4.88. The first-order valence-corrected chi connectivity index (χ1v) is 8.21. The quantitative estimate of drug-likeness (QED) is 0.772. The van der Waals surface area contributed by atoms with Gasteiger partial charge in [-0.3, -0.25) is 4.79 Å². The van der Waals surface area contributed by atoms with E-state index in [1.54, 1.807) is 0 Å². The topological polar surface area (TPSA) is 84.2 Å². The Morgan fingerprint density at radius 3 is 2.52 bits per heavy atom. The van der Waals surface area contributed by atoms with Crippen LogP contribution in [0.3, 0.4) is 0 Å². The van der Waals surface area contributed by atoms with Gasteiger partial charge in [0.25, 0.3) is 0 Å². The highest BCUT2D eigenvalue weighted by atomic mass is 19.4. The number of nitrogens with one attached hydrogen (secondary N) is 1. The highest BCUT2D eigenvalue weighted by Gasteiger charge is 2.40. The summed E-state index contributed by atoms with van der Waals surface area (Å²) in [5.74, 6) is -1.68. The fourth-order valence-corrected chi connectivity index (χ4v) is 2.97. The number of nitrogens with zero attached hydrogens (tertiary/aromatic N) is 2. The maximum atomic E-state index is 13.2. The zero-order chi connectivity index (χ0) is 19.6. The number of anilines is 1. The van der Waals surface area contributed by atoms with Crippen LogP contribution in [-0.4, -0.2) is 26.8 Å². The lowest BCUT2D eigenvalue weighted by Crippen LogP contribution is -2.17. The van der Waals surface area contributed by atoms with Gasteiger partial charge in [-0.05, 0) is 43.0 Å². The molecule has 3 rings (SSSR count). The van der Waals surface area contributed by atoms with Gasteiger partial charge in [0, 0.05) is 12.1 Å². The van der Waals surface area contributed by atoms with E-state index in [0.29, 0.717) is 23.0 Å². The number of carboxylic acid groups (broad SMARTS) is 1. The molecule has 1 aromatic carbocycles. The van der Waals surface area contributed by atoms with Crippen molar-refractivity contribution in [3.63, 3.8) is 0 Å². The zero-order valence-corrected chi connectivity index (χ0v) is 14.0. The first-order chi connectivity index (χ1) is 12.8. The Morgan fingerprint density at radius 2 is 1.96 bits per heavy atom. The van der Waals surface area contributed by atoms with Gasteiger partial charge < -0.3 is 10.4 Å². The van der Waals surface area contributed by atoms with Crippen molar-refractivity contribution in [3.05, 3.63) is 53.9 Å². The van der Waals surface area contributed by atoms with Crippen molar-refractivity contribution >= 4 is 17.6 Å². The molecule has 1 atom stereocenters. The predicted octanol–water partition coefficient (Wildman–Crippen LogP) is 3.88. The number of rotatable bonds is 5. The summed E-state index contributed by atoms with van der Waals surface area (Å²) in [5.41, 5.74) is -1.82. The van der Waals surface area contributed by atoms with Crippen molar-refractivity contribution < 1.29 is 27.9 Å². The molecule has 0 saturated heterocycles. The van der Waals surface area contributed by atoms with Gasteiger partial charge in [-0.2, -0.15) is 18.3 Å². The SMILES string of the molecule is O=C(CC1C=CCC1)Nc1ccc(-n2ncc(C(=O)O)c2C(F)(F)F)cc1. The number of aromatic carboxylic acids is 1. The molecule has 2 N–H and O–H groups in total.